The van der Waals surface area contributed by atoms with Crippen LogP contribution in [0.1, 0.15) is 26.3 Å². The van der Waals surface area contributed by atoms with Gasteiger partial charge in [-0.1, -0.05) is 50.6 Å². The summed E-state index contributed by atoms with van der Waals surface area (Å²) in [5, 5.41) is 10.9. The highest BCUT2D eigenvalue weighted by atomic mass is 35.5. The Morgan fingerprint density at radius 3 is 2.52 bits per heavy atom. The summed E-state index contributed by atoms with van der Waals surface area (Å²) < 4.78 is 5.71. The van der Waals surface area contributed by atoms with Crippen molar-refractivity contribution in [3.8, 4) is 11.6 Å². The standard InChI is InChI=1S/C15H15ClN2O3/c1-15(2,3)11-6-4-5-7-12(11)21-14-9-10(18(19)20)8-13(16)17-14/h4-9H,1-3H3. The predicted molar refractivity (Wildman–Crippen MR) is 81.1 cm³/mol. The van der Waals surface area contributed by atoms with Crippen LogP contribution in [0.25, 0.3) is 0 Å². The van der Waals surface area contributed by atoms with Crippen LogP contribution in [-0.4, -0.2) is 9.91 Å². The van der Waals surface area contributed by atoms with E-state index in [4.69, 9.17) is 16.3 Å². The predicted octanol–water partition coefficient (Wildman–Crippen LogP) is 4.73. The van der Waals surface area contributed by atoms with Crippen molar-refractivity contribution in [1.82, 2.24) is 4.98 Å². The molecule has 0 aliphatic carbocycles. The monoisotopic (exact) mass is 306 g/mol. The van der Waals surface area contributed by atoms with E-state index in [1.54, 1.807) is 6.07 Å². The van der Waals surface area contributed by atoms with Crippen LogP contribution in [0.4, 0.5) is 5.69 Å². The van der Waals surface area contributed by atoms with E-state index in [0.29, 0.717) is 5.75 Å². The van der Waals surface area contributed by atoms with Gasteiger partial charge in [0.2, 0.25) is 5.88 Å². The van der Waals surface area contributed by atoms with Crippen LogP contribution < -0.4 is 4.74 Å². The molecule has 0 atom stereocenters. The molecule has 21 heavy (non-hydrogen) atoms. The number of pyridine rings is 1. The van der Waals surface area contributed by atoms with Gasteiger partial charge >= 0.3 is 0 Å². The van der Waals surface area contributed by atoms with E-state index in [9.17, 15) is 10.1 Å². The minimum Gasteiger partial charge on any atom is -0.438 e. The molecular formula is C15H15ClN2O3. The van der Waals surface area contributed by atoms with E-state index >= 15 is 0 Å². The maximum absolute atomic E-state index is 10.8. The number of nitrogens with zero attached hydrogens (tertiary/aromatic N) is 2. The van der Waals surface area contributed by atoms with Crippen LogP contribution in [0.5, 0.6) is 11.6 Å². The summed E-state index contributed by atoms with van der Waals surface area (Å²) in [7, 11) is 0. The average Bonchev–Trinajstić information content (AvgIpc) is 2.37. The molecule has 0 N–H and O–H groups in total. The van der Waals surface area contributed by atoms with E-state index in [2.05, 4.69) is 25.8 Å². The molecule has 0 amide bonds. The Labute approximate surface area is 127 Å². The van der Waals surface area contributed by atoms with Gasteiger partial charge in [-0.15, -0.1) is 0 Å². The molecule has 0 saturated heterocycles. The molecule has 0 radical (unpaired) electrons. The first-order valence-electron chi connectivity index (χ1n) is 6.37. The Hall–Kier alpha value is -2.14. The van der Waals surface area contributed by atoms with Crippen molar-refractivity contribution in [2.45, 2.75) is 26.2 Å². The maximum Gasteiger partial charge on any atom is 0.277 e. The fourth-order valence-electron chi connectivity index (χ4n) is 1.91. The van der Waals surface area contributed by atoms with Gasteiger partial charge < -0.3 is 4.74 Å². The second-order valence-corrected chi connectivity index (χ2v) is 5.98. The van der Waals surface area contributed by atoms with Gasteiger partial charge in [-0.2, -0.15) is 0 Å². The van der Waals surface area contributed by atoms with Gasteiger partial charge in [-0.05, 0) is 11.5 Å². The molecule has 2 aromatic rings. The lowest BCUT2D eigenvalue weighted by molar-refractivity contribution is -0.385. The fraction of sp³-hybridized carbons (Fsp3) is 0.267. The molecule has 0 saturated carbocycles. The van der Waals surface area contributed by atoms with Gasteiger partial charge in [-0.25, -0.2) is 4.98 Å². The molecule has 1 aromatic carbocycles. The van der Waals surface area contributed by atoms with Crippen LogP contribution in [0.2, 0.25) is 5.15 Å². The number of hydrogen-bond acceptors (Lipinski definition) is 4. The number of rotatable bonds is 3. The minimum atomic E-state index is -0.532. The largest absolute Gasteiger partial charge is 0.438 e. The van der Waals surface area contributed by atoms with Crippen molar-refractivity contribution in [2.24, 2.45) is 0 Å². The van der Waals surface area contributed by atoms with Gasteiger partial charge in [-0.3, -0.25) is 10.1 Å². The first kappa shape index (κ1) is 15.3. The second kappa shape index (κ2) is 5.69. The molecule has 1 aromatic heterocycles. The van der Waals surface area contributed by atoms with E-state index in [1.165, 1.54) is 12.1 Å². The lowest BCUT2D eigenvalue weighted by Crippen LogP contribution is -2.12. The molecule has 110 valence electrons. The highest BCUT2D eigenvalue weighted by Gasteiger charge is 2.20. The zero-order chi connectivity index (χ0) is 15.6. The molecule has 0 unspecified atom stereocenters. The summed E-state index contributed by atoms with van der Waals surface area (Å²) in [5.41, 5.74) is 0.703. The first-order chi connectivity index (χ1) is 9.77. The second-order valence-electron chi connectivity index (χ2n) is 5.59. The quantitative estimate of drug-likeness (QED) is 0.467. The molecule has 0 aliphatic rings. The Bertz CT molecular complexity index is 681. The Kier molecular flexibility index (Phi) is 4.14. The van der Waals surface area contributed by atoms with Crippen molar-refractivity contribution in [2.75, 3.05) is 0 Å². The Morgan fingerprint density at radius 2 is 1.90 bits per heavy atom. The topological polar surface area (TPSA) is 65.3 Å². The number of halogens is 1. The fourth-order valence-corrected chi connectivity index (χ4v) is 2.10. The van der Waals surface area contributed by atoms with E-state index < -0.39 is 4.92 Å². The molecule has 1 heterocycles. The average molecular weight is 307 g/mol. The van der Waals surface area contributed by atoms with Crippen molar-refractivity contribution < 1.29 is 9.66 Å². The minimum absolute atomic E-state index is 0.0208. The van der Waals surface area contributed by atoms with Crippen LogP contribution in [0.3, 0.4) is 0 Å². The number of nitro groups is 1. The van der Waals surface area contributed by atoms with E-state index in [1.807, 2.05) is 18.2 Å². The number of ether oxygens (including phenoxy) is 1. The lowest BCUT2D eigenvalue weighted by Gasteiger charge is -2.22. The molecule has 0 fully saturated rings. The van der Waals surface area contributed by atoms with E-state index in [0.717, 1.165) is 5.56 Å². The highest BCUT2D eigenvalue weighted by molar-refractivity contribution is 6.29. The van der Waals surface area contributed by atoms with Gasteiger partial charge in [0.05, 0.1) is 17.1 Å². The molecule has 2 rings (SSSR count). The molecular weight excluding hydrogens is 292 g/mol. The van der Waals surface area contributed by atoms with Gasteiger partial charge in [0.15, 0.2) is 0 Å². The molecule has 5 nitrogen and oxygen atoms in total. The Morgan fingerprint density at radius 1 is 1.24 bits per heavy atom. The van der Waals surface area contributed by atoms with Crippen molar-refractivity contribution in [3.63, 3.8) is 0 Å². The van der Waals surface area contributed by atoms with Gasteiger partial charge in [0.25, 0.3) is 5.69 Å². The zero-order valence-corrected chi connectivity index (χ0v) is 12.7. The number of hydrogen-bond donors (Lipinski definition) is 0. The summed E-state index contributed by atoms with van der Waals surface area (Å²) >= 11 is 5.79. The third-order valence-electron chi connectivity index (χ3n) is 2.88. The third kappa shape index (κ3) is 3.70. The lowest BCUT2D eigenvalue weighted by atomic mass is 9.86. The summed E-state index contributed by atoms with van der Waals surface area (Å²) in [6.07, 6.45) is 0. The third-order valence-corrected chi connectivity index (χ3v) is 3.07. The first-order valence-corrected chi connectivity index (χ1v) is 6.74. The van der Waals surface area contributed by atoms with Crippen molar-refractivity contribution >= 4 is 17.3 Å². The summed E-state index contributed by atoms with van der Waals surface area (Å²) in [6, 6.07) is 9.95. The smallest absolute Gasteiger partial charge is 0.277 e. The van der Waals surface area contributed by atoms with Crippen LogP contribution >= 0.6 is 11.6 Å². The van der Waals surface area contributed by atoms with E-state index in [-0.39, 0.29) is 22.1 Å². The number of aromatic nitrogens is 1. The normalized spacial score (nSPS) is 11.2. The van der Waals surface area contributed by atoms with Gasteiger partial charge in [0, 0.05) is 5.56 Å². The zero-order valence-electron chi connectivity index (χ0n) is 12.0. The molecule has 6 heteroatoms. The Balaban J connectivity index is 2.42. The van der Waals surface area contributed by atoms with Crippen molar-refractivity contribution in [1.29, 1.82) is 0 Å². The summed E-state index contributed by atoms with van der Waals surface area (Å²) in [6.45, 7) is 6.18. The van der Waals surface area contributed by atoms with Crippen molar-refractivity contribution in [3.05, 3.63) is 57.2 Å². The maximum atomic E-state index is 10.8. The molecule has 0 aliphatic heterocycles. The van der Waals surface area contributed by atoms with Crippen LogP contribution in [-0.2, 0) is 5.41 Å². The SMILES string of the molecule is CC(C)(C)c1ccccc1Oc1cc([N+](=O)[O-])cc(Cl)n1. The van der Waals surface area contributed by atoms with Crippen LogP contribution in [0, 0.1) is 10.1 Å². The highest BCUT2D eigenvalue weighted by Crippen LogP contribution is 2.34. The molecule has 0 bridgehead atoms. The summed E-state index contributed by atoms with van der Waals surface area (Å²) in [5.74, 6) is 0.708. The number of benzene rings is 1. The summed E-state index contributed by atoms with van der Waals surface area (Å²) in [4.78, 5) is 14.3. The number of para-hydroxylation sites is 1. The van der Waals surface area contributed by atoms with Gasteiger partial charge in [0.1, 0.15) is 10.9 Å². The van der Waals surface area contributed by atoms with Crippen LogP contribution in [0.15, 0.2) is 36.4 Å². The molecule has 0 spiro atoms.